The maximum Gasteiger partial charge on any atom is 0.410 e. The van der Waals surface area contributed by atoms with Gasteiger partial charge in [0.25, 0.3) is 11.7 Å². The van der Waals surface area contributed by atoms with Crippen LogP contribution in [0.2, 0.25) is 0 Å². The van der Waals surface area contributed by atoms with E-state index in [4.69, 9.17) is 18.9 Å². The molecule has 10 heteroatoms. The molecule has 228 valence electrons. The van der Waals surface area contributed by atoms with Crippen molar-refractivity contribution in [1.82, 2.24) is 14.8 Å². The van der Waals surface area contributed by atoms with E-state index in [1.807, 2.05) is 48.7 Å². The number of carbonyl (C=O) groups excluding carboxylic acids is 3. The molecule has 1 aliphatic rings. The van der Waals surface area contributed by atoms with Crippen LogP contribution in [0.1, 0.15) is 47.2 Å². The summed E-state index contributed by atoms with van der Waals surface area (Å²) in [6.45, 7) is 1.35. The summed E-state index contributed by atoms with van der Waals surface area (Å²) >= 11 is 0. The molecule has 43 heavy (non-hydrogen) atoms. The number of benzene rings is 2. The maximum atomic E-state index is 13.3. The highest BCUT2D eigenvalue weighted by molar-refractivity contribution is 6.43. The summed E-state index contributed by atoms with van der Waals surface area (Å²) < 4.78 is 21.8. The number of Topliss-reactive ketones (excluding diaryl/α,β-unsaturated/α-hetero) is 1. The molecule has 2 aromatic carbocycles. The number of ether oxygens (including phenoxy) is 4. The Kier molecular flexibility index (Phi) is 11.4. The second kappa shape index (κ2) is 15.6. The molecule has 1 atom stereocenters. The molecule has 4 rings (SSSR count). The first-order valence-corrected chi connectivity index (χ1v) is 14.4. The van der Waals surface area contributed by atoms with E-state index in [0.717, 1.165) is 30.4 Å². The minimum Gasteiger partial charge on any atom is -0.493 e. The topological polar surface area (TPSA) is 108 Å². The van der Waals surface area contributed by atoms with Crippen molar-refractivity contribution in [3.05, 3.63) is 83.7 Å². The Balaban J connectivity index is 1.38. The SMILES string of the molecule is COc1cc(C(=O)C(=O)N2CCCC2COC(=O)N(CCCCc2cccnc2)Cc2ccccc2)cc(OC)c1OC. The molecule has 0 spiro atoms. The van der Waals surface area contributed by atoms with E-state index in [9.17, 15) is 14.4 Å². The lowest BCUT2D eigenvalue weighted by molar-refractivity contribution is -0.128. The normalized spacial score (nSPS) is 14.2. The van der Waals surface area contributed by atoms with E-state index >= 15 is 0 Å². The van der Waals surface area contributed by atoms with E-state index in [1.54, 1.807) is 11.1 Å². The van der Waals surface area contributed by atoms with Gasteiger partial charge in [0, 0.05) is 37.6 Å². The second-order valence-corrected chi connectivity index (χ2v) is 10.3. The van der Waals surface area contributed by atoms with Crippen molar-refractivity contribution in [2.45, 2.75) is 44.7 Å². The van der Waals surface area contributed by atoms with E-state index in [-0.39, 0.29) is 23.7 Å². The number of carbonyl (C=O) groups is 3. The smallest absolute Gasteiger partial charge is 0.410 e. The second-order valence-electron chi connectivity index (χ2n) is 10.3. The van der Waals surface area contributed by atoms with Gasteiger partial charge in [-0.25, -0.2) is 4.79 Å². The van der Waals surface area contributed by atoms with Crippen LogP contribution in [0, 0.1) is 0 Å². The van der Waals surface area contributed by atoms with Crippen molar-refractivity contribution in [3.63, 3.8) is 0 Å². The molecule has 0 bridgehead atoms. The van der Waals surface area contributed by atoms with Gasteiger partial charge in [-0.2, -0.15) is 0 Å². The zero-order chi connectivity index (χ0) is 30.6. The molecule has 0 radical (unpaired) electrons. The highest BCUT2D eigenvalue weighted by atomic mass is 16.6. The summed E-state index contributed by atoms with van der Waals surface area (Å²) in [6, 6.07) is 16.3. The van der Waals surface area contributed by atoms with Gasteiger partial charge in [0.1, 0.15) is 6.61 Å². The molecule has 0 saturated carbocycles. The molecular weight excluding hydrogens is 550 g/mol. The van der Waals surface area contributed by atoms with Gasteiger partial charge in [-0.15, -0.1) is 0 Å². The highest BCUT2D eigenvalue weighted by Crippen LogP contribution is 2.38. The van der Waals surface area contributed by atoms with Crippen LogP contribution in [0.4, 0.5) is 4.79 Å². The number of aromatic nitrogens is 1. The predicted molar refractivity (Wildman–Crippen MR) is 161 cm³/mol. The fourth-order valence-corrected chi connectivity index (χ4v) is 5.22. The Morgan fingerprint density at radius 2 is 1.65 bits per heavy atom. The predicted octanol–water partition coefficient (Wildman–Crippen LogP) is 4.94. The summed E-state index contributed by atoms with van der Waals surface area (Å²) in [5.74, 6) is -0.467. The first-order chi connectivity index (χ1) is 20.9. The minimum absolute atomic E-state index is 0.00802. The number of hydrogen-bond donors (Lipinski definition) is 0. The third kappa shape index (κ3) is 8.24. The third-order valence-electron chi connectivity index (χ3n) is 7.50. The number of ketones is 1. The molecule has 1 fully saturated rings. The zero-order valence-corrected chi connectivity index (χ0v) is 25.0. The lowest BCUT2D eigenvalue weighted by atomic mass is 10.1. The lowest BCUT2D eigenvalue weighted by Crippen LogP contribution is -2.43. The Hall–Kier alpha value is -4.60. The van der Waals surface area contributed by atoms with Gasteiger partial charge >= 0.3 is 6.09 Å². The van der Waals surface area contributed by atoms with Gasteiger partial charge in [-0.1, -0.05) is 36.4 Å². The van der Waals surface area contributed by atoms with Crippen molar-refractivity contribution < 1.29 is 33.3 Å². The number of likely N-dealkylation sites (tertiary alicyclic amines) is 1. The molecule has 1 unspecified atom stereocenters. The van der Waals surface area contributed by atoms with Crippen LogP contribution >= 0.6 is 0 Å². The summed E-state index contributed by atoms with van der Waals surface area (Å²) in [7, 11) is 4.35. The third-order valence-corrected chi connectivity index (χ3v) is 7.50. The quantitative estimate of drug-likeness (QED) is 0.148. The fourth-order valence-electron chi connectivity index (χ4n) is 5.22. The number of methoxy groups -OCH3 is 3. The molecular formula is C33H39N3O7. The molecule has 2 heterocycles. The van der Waals surface area contributed by atoms with Crippen LogP contribution in [0.3, 0.4) is 0 Å². The number of aryl methyl sites for hydroxylation is 1. The summed E-state index contributed by atoms with van der Waals surface area (Å²) in [4.78, 5) is 47.2. The van der Waals surface area contributed by atoms with Crippen molar-refractivity contribution in [1.29, 1.82) is 0 Å². The van der Waals surface area contributed by atoms with Crippen molar-refractivity contribution in [2.75, 3.05) is 41.0 Å². The summed E-state index contributed by atoms with van der Waals surface area (Å²) in [5, 5.41) is 0. The molecule has 1 aliphatic heterocycles. The van der Waals surface area contributed by atoms with Crippen molar-refractivity contribution in [2.24, 2.45) is 0 Å². The van der Waals surface area contributed by atoms with Crippen molar-refractivity contribution >= 4 is 17.8 Å². The number of nitrogens with zero attached hydrogens (tertiary/aromatic N) is 3. The number of rotatable bonds is 14. The van der Waals surface area contributed by atoms with Gasteiger partial charge in [-0.3, -0.25) is 14.6 Å². The van der Waals surface area contributed by atoms with Crippen LogP contribution < -0.4 is 14.2 Å². The highest BCUT2D eigenvalue weighted by Gasteiger charge is 2.35. The molecule has 0 aliphatic carbocycles. The van der Waals surface area contributed by atoms with Gasteiger partial charge in [0.05, 0.1) is 27.4 Å². The van der Waals surface area contributed by atoms with Crippen molar-refractivity contribution in [3.8, 4) is 17.2 Å². The van der Waals surface area contributed by atoms with E-state index in [0.29, 0.717) is 38.2 Å². The van der Waals surface area contributed by atoms with E-state index < -0.39 is 23.8 Å². The molecule has 2 amide bonds. The molecule has 0 N–H and O–H groups in total. The Bertz CT molecular complexity index is 1340. The molecule has 10 nitrogen and oxygen atoms in total. The lowest BCUT2D eigenvalue weighted by Gasteiger charge is -2.27. The number of pyridine rings is 1. The van der Waals surface area contributed by atoms with Gasteiger partial charge in [0.15, 0.2) is 11.5 Å². The maximum absolute atomic E-state index is 13.3. The molecule has 1 aromatic heterocycles. The first-order valence-electron chi connectivity index (χ1n) is 14.4. The number of unbranched alkanes of at least 4 members (excludes halogenated alkanes) is 1. The van der Waals surface area contributed by atoms with Crippen LogP contribution in [-0.2, 0) is 22.5 Å². The molecule has 3 aromatic rings. The van der Waals surface area contributed by atoms with E-state index in [2.05, 4.69) is 4.98 Å². The van der Waals surface area contributed by atoms with Crippen LogP contribution in [0.5, 0.6) is 17.2 Å². The largest absolute Gasteiger partial charge is 0.493 e. The fraction of sp³-hybridized carbons (Fsp3) is 0.394. The zero-order valence-electron chi connectivity index (χ0n) is 25.0. The van der Waals surface area contributed by atoms with Crippen LogP contribution in [0.25, 0.3) is 0 Å². The summed E-state index contributed by atoms with van der Waals surface area (Å²) in [6.07, 6.45) is 7.08. The monoisotopic (exact) mass is 589 g/mol. The number of amides is 2. The first kappa shape index (κ1) is 31.3. The van der Waals surface area contributed by atoms with E-state index in [1.165, 1.54) is 38.4 Å². The Labute approximate surface area is 252 Å². The van der Waals surface area contributed by atoms with Gasteiger partial charge in [-0.05, 0) is 61.4 Å². The average molecular weight is 590 g/mol. The number of hydrogen-bond acceptors (Lipinski definition) is 8. The minimum atomic E-state index is -0.697. The van der Waals surface area contributed by atoms with Gasteiger partial charge < -0.3 is 28.7 Å². The molecule has 1 saturated heterocycles. The van der Waals surface area contributed by atoms with Crippen LogP contribution in [-0.4, -0.2) is 79.6 Å². The van der Waals surface area contributed by atoms with Crippen LogP contribution in [0.15, 0.2) is 67.0 Å². The standard InChI is InChI=1S/C33H39N3O7/c1-40-28-19-26(20-29(41-2)31(28)42-3)30(37)32(38)36-18-10-15-27(36)23-43-33(39)35(22-25-12-5-4-6-13-25)17-8-7-11-24-14-9-16-34-21-24/h4-6,9,12-14,16,19-21,27H,7-8,10-11,15,17-18,22-23H2,1-3H3. The van der Waals surface area contributed by atoms with Gasteiger partial charge in [0.2, 0.25) is 5.75 Å². The average Bonchev–Trinajstić information content (AvgIpc) is 3.53. The Morgan fingerprint density at radius 1 is 0.930 bits per heavy atom. The summed E-state index contributed by atoms with van der Waals surface area (Å²) in [5.41, 5.74) is 2.29. The Morgan fingerprint density at radius 3 is 2.30 bits per heavy atom.